The van der Waals surface area contributed by atoms with E-state index in [1.165, 1.54) is 0 Å². The number of hydrogen-bond acceptors (Lipinski definition) is 3. The lowest BCUT2D eigenvalue weighted by Crippen LogP contribution is -2.13. The van der Waals surface area contributed by atoms with Crippen molar-refractivity contribution in [2.75, 3.05) is 5.32 Å². The van der Waals surface area contributed by atoms with Crippen LogP contribution < -0.4 is 5.32 Å². The molecule has 0 aliphatic heterocycles. The van der Waals surface area contributed by atoms with Gasteiger partial charge in [0.1, 0.15) is 11.5 Å². The molecule has 5 heteroatoms. The highest BCUT2D eigenvalue weighted by Crippen LogP contribution is 2.30. The third-order valence-electron chi connectivity index (χ3n) is 3.86. The monoisotopic (exact) mass is 333 g/mol. The van der Waals surface area contributed by atoms with E-state index >= 15 is 0 Å². The van der Waals surface area contributed by atoms with E-state index in [0.29, 0.717) is 11.4 Å². The van der Waals surface area contributed by atoms with Gasteiger partial charge in [0.05, 0.1) is 0 Å². The van der Waals surface area contributed by atoms with Crippen molar-refractivity contribution in [3.8, 4) is 11.3 Å². The van der Waals surface area contributed by atoms with Crippen molar-refractivity contribution in [1.29, 1.82) is 0 Å². The third kappa shape index (κ3) is 2.59. The summed E-state index contributed by atoms with van der Waals surface area (Å²) in [5.74, 6) is 0.559. The first-order valence-electron chi connectivity index (χ1n) is 7.61. The zero-order valence-corrected chi connectivity index (χ0v) is 13.9. The van der Waals surface area contributed by atoms with Crippen LogP contribution in [0.15, 0.2) is 66.2 Å². The predicted molar refractivity (Wildman–Crippen MR) is 97.6 cm³/mol. The fourth-order valence-corrected chi connectivity index (χ4v) is 3.30. The lowest BCUT2D eigenvalue weighted by molar-refractivity contribution is 0.102. The number of anilines is 1. The molecule has 24 heavy (non-hydrogen) atoms. The summed E-state index contributed by atoms with van der Waals surface area (Å²) in [5, 5.41) is 4.98. The summed E-state index contributed by atoms with van der Waals surface area (Å²) >= 11 is 1.54. The van der Waals surface area contributed by atoms with Crippen LogP contribution in [-0.4, -0.2) is 15.3 Å². The van der Waals surface area contributed by atoms with Crippen LogP contribution in [0, 0.1) is 6.92 Å². The quantitative estimate of drug-likeness (QED) is 0.594. The number of fused-ring (bicyclic) bond motifs is 1. The number of aromatic nitrogens is 2. The van der Waals surface area contributed by atoms with Crippen LogP contribution in [0.4, 0.5) is 5.82 Å². The van der Waals surface area contributed by atoms with E-state index in [2.05, 4.69) is 10.3 Å². The average molecular weight is 333 g/mol. The van der Waals surface area contributed by atoms with Crippen LogP contribution in [0.25, 0.3) is 16.2 Å². The first-order valence-corrected chi connectivity index (χ1v) is 8.49. The minimum absolute atomic E-state index is 0.139. The molecule has 0 aliphatic rings. The Kier molecular flexibility index (Phi) is 3.63. The summed E-state index contributed by atoms with van der Waals surface area (Å²) in [4.78, 5) is 18.1. The number of thiazole rings is 1. The number of hydrogen-bond donors (Lipinski definition) is 1. The maximum Gasteiger partial charge on any atom is 0.256 e. The van der Waals surface area contributed by atoms with Crippen LogP contribution in [-0.2, 0) is 0 Å². The maximum atomic E-state index is 12.6. The molecular weight excluding hydrogens is 318 g/mol. The van der Waals surface area contributed by atoms with Gasteiger partial charge in [-0.3, -0.25) is 9.20 Å². The summed E-state index contributed by atoms with van der Waals surface area (Å²) in [6.45, 7) is 2.00. The molecule has 2 heterocycles. The van der Waals surface area contributed by atoms with Gasteiger partial charge in [-0.25, -0.2) is 4.98 Å². The van der Waals surface area contributed by atoms with Gasteiger partial charge in [-0.1, -0.05) is 48.0 Å². The number of rotatable bonds is 3. The van der Waals surface area contributed by atoms with Crippen molar-refractivity contribution < 1.29 is 4.79 Å². The lowest BCUT2D eigenvalue weighted by Gasteiger charge is -2.07. The van der Waals surface area contributed by atoms with Gasteiger partial charge in [0.2, 0.25) is 0 Å². The van der Waals surface area contributed by atoms with Gasteiger partial charge in [0, 0.05) is 22.7 Å². The zero-order chi connectivity index (χ0) is 16.5. The molecule has 4 rings (SSSR count). The third-order valence-corrected chi connectivity index (χ3v) is 4.61. The highest BCUT2D eigenvalue weighted by molar-refractivity contribution is 7.15. The fraction of sp³-hybridized carbons (Fsp3) is 0.0526. The van der Waals surface area contributed by atoms with E-state index < -0.39 is 0 Å². The largest absolute Gasteiger partial charge is 0.306 e. The normalized spacial score (nSPS) is 10.9. The Morgan fingerprint density at radius 1 is 1.08 bits per heavy atom. The molecule has 2 aromatic heterocycles. The molecule has 0 spiro atoms. The molecule has 0 saturated carbocycles. The number of imidazole rings is 1. The second-order valence-electron chi connectivity index (χ2n) is 5.55. The molecule has 0 fully saturated rings. The molecule has 0 saturated heterocycles. The summed E-state index contributed by atoms with van der Waals surface area (Å²) < 4.78 is 1.92. The van der Waals surface area contributed by atoms with Crippen LogP contribution in [0.2, 0.25) is 0 Å². The van der Waals surface area contributed by atoms with E-state index in [4.69, 9.17) is 0 Å². The molecule has 0 radical (unpaired) electrons. The molecule has 0 atom stereocenters. The topological polar surface area (TPSA) is 46.4 Å². The lowest BCUT2D eigenvalue weighted by atomic mass is 10.1. The SMILES string of the molecule is Cc1ccc(C(=O)Nc2c(-c3ccccc3)nc3sccn23)cc1. The Bertz CT molecular complexity index is 1000. The highest BCUT2D eigenvalue weighted by atomic mass is 32.1. The van der Waals surface area contributed by atoms with Gasteiger partial charge in [-0.2, -0.15) is 0 Å². The van der Waals surface area contributed by atoms with Crippen molar-refractivity contribution in [2.24, 2.45) is 0 Å². The van der Waals surface area contributed by atoms with Gasteiger partial charge in [-0.15, -0.1) is 11.3 Å². The van der Waals surface area contributed by atoms with Crippen molar-refractivity contribution in [3.05, 3.63) is 77.3 Å². The summed E-state index contributed by atoms with van der Waals surface area (Å²) in [7, 11) is 0. The van der Waals surface area contributed by atoms with Gasteiger partial charge < -0.3 is 5.32 Å². The maximum absolute atomic E-state index is 12.6. The Hall–Kier alpha value is -2.92. The molecule has 2 aromatic carbocycles. The number of nitrogens with one attached hydrogen (secondary N) is 1. The summed E-state index contributed by atoms with van der Waals surface area (Å²) in [6, 6.07) is 17.4. The average Bonchev–Trinajstić information content (AvgIpc) is 3.19. The van der Waals surface area contributed by atoms with E-state index in [0.717, 1.165) is 21.8 Å². The summed E-state index contributed by atoms with van der Waals surface area (Å²) in [6.07, 6.45) is 1.92. The first kappa shape index (κ1) is 14.7. The zero-order valence-electron chi connectivity index (χ0n) is 13.1. The minimum atomic E-state index is -0.139. The Labute approximate surface area is 143 Å². The van der Waals surface area contributed by atoms with E-state index in [-0.39, 0.29) is 5.91 Å². The Balaban J connectivity index is 1.76. The van der Waals surface area contributed by atoms with E-state index in [1.807, 2.05) is 77.5 Å². The fourth-order valence-electron chi connectivity index (χ4n) is 2.59. The molecule has 1 N–H and O–H groups in total. The van der Waals surface area contributed by atoms with E-state index in [1.54, 1.807) is 11.3 Å². The van der Waals surface area contributed by atoms with Crippen molar-refractivity contribution in [2.45, 2.75) is 6.92 Å². The van der Waals surface area contributed by atoms with E-state index in [9.17, 15) is 4.79 Å². The molecule has 0 bridgehead atoms. The molecule has 1 amide bonds. The standard InChI is InChI=1S/C19H15N3OS/c1-13-7-9-15(10-8-13)18(23)21-17-16(14-5-3-2-4-6-14)20-19-22(17)11-12-24-19/h2-12H,1H3,(H,21,23). The number of benzene rings is 2. The second-order valence-corrected chi connectivity index (χ2v) is 6.42. The molecule has 4 nitrogen and oxygen atoms in total. The molecule has 118 valence electrons. The number of nitrogens with zero attached hydrogens (tertiary/aromatic N) is 2. The number of carbonyl (C=O) groups is 1. The van der Waals surface area contributed by atoms with Crippen LogP contribution >= 0.6 is 11.3 Å². The number of amides is 1. The Morgan fingerprint density at radius 2 is 1.83 bits per heavy atom. The van der Waals surface area contributed by atoms with Gasteiger partial charge in [0.15, 0.2) is 4.96 Å². The number of carbonyl (C=O) groups excluding carboxylic acids is 1. The van der Waals surface area contributed by atoms with Crippen LogP contribution in [0.3, 0.4) is 0 Å². The van der Waals surface area contributed by atoms with Crippen molar-refractivity contribution >= 4 is 28.0 Å². The smallest absolute Gasteiger partial charge is 0.256 e. The van der Waals surface area contributed by atoms with Gasteiger partial charge in [0.25, 0.3) is 5.91 Å². The predicted octanol–water partition coefficient (Wildman–Crippen LogP) is 4.62. The molecule has 0 aliphatic carbocycles. The van der Waals surface area contributed by atoms with Crippen LogP contribution in [0.5, 0.6) is 0 Å². The number of aryl methyl sites for hydroxylation is 1. The van der Waals surface area contributed by atoms with Gasteiger partial charge >= 0.3 is 0 Å². The summed E-state index contributed by atoms with van der Waals surface area (Å²) in [5.41, 5.74) is 3.52. The molecule has 0 unspecified atom stereocenters. The van der Waals surface area contributed by atoms with Crippen molar-refractivity contribution in [3.63, 3.8) is 0 Å². The Morgan fingerprint density at radius 3 is 2.58 bits per heavy atom. The molecular formula is C19H15N3OS. The second kappa shape index (κ2) is 5.94. The van der Waals surface area contributed by atoms with Crippen molar-refractivity contribution in [1.82, 2.24) is 9.38 Å². The van der Waals surface area contributed by atoms with Gasteiger partial charge in [-0.05, 0) is 19.1 Å². The first-order chi connectivity index (χ1) is 11.7. The highest BCUT2D eigenvalue weighted by Gasteiger charge is 2.17. The van der Waals surface area contributed by atoms with Crippen LogP contribution in [0.1, 0.15) is 15.9 Å². The minimum Gasteiger partial charge on any atom is -0.306 e. The molecule has 4 aromatic rings.